The maximum atomic E-state index is 13.5. The summed E-state index contributed by atoms with van der Waals surface area (Å²) >= 11 is 0. The molecule has 4 unspecified atom stereocenters. The molecule has 0 saturated carbocycles. The fourth-order valence-corrected chi connectivity index (χ4v) is 5.02. The van der Waals surface area contributed by atoms with Crippen molar-refractivity contribution in [2.24, 2.45) is 22.2 Å². The first-order valence-corrected chi connectivity index (χ1v) is 9.23. The molecule has 0 radical (unpaired) electrons. The third-order valence-corrected chi connectivity index (χ3v) is 6.29. The molecule has 1 aromatic carbocycles. The average molecular weight is 396 g/mol. The predicted octanol–water partition coefficient (Wildman–Crippen LogP) is -0.196. The van der Waals surface area contributed by atoms with E-state index in [0.29, 0.717) is 5.69 Å². The lowest BCUT2D eigenvalue weighted by atomic mass is 9.61. The number of nitrogens with zero attached hydrogens (tertiary/aromatic N) is 2. The molecular weight excluding hydrogens is 376 g/mol. The zero-order valence-corrected chi connectivity index (χ0v) is 16.2. The van der Waals surface area contributed by atoms with Gasteiger partial charge in [-0.1, -0.05) is 18.2 Å². The number of hydrogen-bond donors (Lipinski definition) is 2. The Morgan fingerprint density at radius 3 is 2.34 bits per heavy atom. The second kappa shape index (κ2) is 6.07. The van der Waals surface area contributed by atoms with E-state index in [1.807, 2.05) is 6.07 Å². The summed E-state index contributed by atoms with van der Waals surface area (Å²) in [6.45, 7) is 3.03. The summed E-state index contributed by atoms with van der Waals surface area (Å²) in [5.74, 6) is -5.30. The predicted molar refractivity (Wildman–Crippen MR) is 102 cm³/mol. The van der Waals surface area contributed by atoms with Crippen LogP contribution in [0.1, 0.15) is 20.3 Å². The number of aliphatic imine (C=N–C) groups is 1. The van der Waals surface area contributed by atoms with Gasteiger partial charge in [0.2, 0.25) is 23.6 Å². The topological polar surface area (TPSA) is 125 Å². The molecule has 0 spiro atoms. The number of nitrogens with one attached hydrogen (secondary N) is 2. The summed E-state index contributed by atoms with van der Waals surface area (Å²) in [5, 5.41) is 4.46. The van der Waals surface area contributed by atoms with Gasteiger partial charge in [0, 0.05) is 24.9 Å². The zero-order valence-electron chi connectivity index (χ0n) is 16.2. The first-order valence-electron chi connectivity index (χ1n) is 9.23. The van der Waals surface area contributed by atoms with Crippen LogP contribution >= 0.6 is 0 Å². The molecule has 9 heteroatoms. The molecular formula is C20H20N4O5. The Hall–Kier alpha value is -3.36. The van der Waals surface area contributed by atoms with E-state index in [-0.39, 0.29) is 12.1 Å². The van der Waals surface area contributed by atoms with Gasteiger partial charge in [-0.2, -0.15) is 0 Å². The smallest absolute Gasteiger partial charge is 0.255 e. The lowest BCUT2D eigenvalue weighted by molar-refractivity contribution is -0.137. The van der Waals surface area contributed by atoms with Crippen molar-refractivity contribution in [1.29, 1.82) is 0 Å². The van der Waals surface area contributed by atoms with Crippen LogP contribution in [0, 0.1) is 17.3 Å². The van der Waals surface area contributed by atoms with Crippen LogP contribution < -0.4 is 15.5 Å². The highest BCUT2D eigenvalue weighted by Crippen LogP contribution is 2.55. The van der Waals surface area contributed by atoms with E-state index in [9.17, 15) is 24.0 Å². The van der Waals surface area contributed by atoms with Crippen LogP contribution in [-0.2, 0) is 24.0 Å². The summed E-state index contributed by atoms with van der Waals surface area (Å²) in [7, 11) is 1.56. The Morgan fingerprint density at radius 1 is 1.10 bits per heavy atom. The summed E-state index contributed by atoms with van der Waals surface area (Å²) in [4.78, 5) is 69.4. The van der Waals surface area contributed by atoms with Crippen LogP contribution in [-0.4, -0.2) is 47.8 Å². The summed E-state index contributed by atoms with van der Waals surface area (Å²) < 4.78 is 0. The molecule has 1 aromatic rings. The number of anilines is 1. The van der Waals surface area contributed by atoms with Gasteiger partial charge in [-0.25, -0.2) is 0 Å². The number of fused-ring (bicyclic) bond motifs is 1. The van der Waals surface area contributed by atoms with Gasteiger partial charge in [-0.05, 0) is 26.0 Å². The van der Waals surface area contributed by atoms with E-state index in [2.05, 4.69) is 15.6 Å². The van der Waals surface area contributed by atoms with Gasteiger partial charge in [0.25, 0.3) is 5.91 Å². The SMILES string of the molecule is CC1=NC(C)(C(=O)N(C)c2ccccc2)C2C(=O)NC(=O)C12C1CC(=O)NC1=O. The zero-order chi connectivity index (χ0) is 21.1. The van der Waals surface area contributed by atoms with Gasteiger partial charge in [0.15, 0.2) is 0 Å². The second-order valence-corrected chi connectivity index (χ2v) is 7.83. The number of likely N-dealkylation sites (N-methyl/N-ethyl adjacent to an activating group) is 1. The number of benzene rings is 1. The van der Waals surface area contributed by atoms with E-state index < -0.39 is 52.3 Å². The highest BCUT2D eigenvalue weighted by Gasteiger charge is 2.74. The first-order chi connectivity index (χ1) is 13.6. The first kappa shape index (κ1) is 19.0. The molecule has 0 bridgehead atoms. The van der Waals surface area contributed by atoms with Crippen molar-refractivity contribution < 1.29 is 24.0 Å². The third kappa shape index (κ3) is 2.33. The van der Waals surface area contributed by atoms with Crippen LogP contribution in [0.15, 0.2) is 35.3 Å². The van der Waals surface area contributed by atoms with Crippen molar-refractivity contribution in [3.8, 4) is 0 Å². The maximum Gasteiger partial charge on any atom is 0.255 e. The number of para-hydroxylation sites is 1. The van der Waals surface area contributed by atoms with Crippen molar-refractivity contribution in [3.05, 3.63) is 30.3 Å². The highest BCUT2D eigenvalue weighted by atomic mass is 16.2. The minimum atomic E-state index is -1.66. The molecule has 150 valence electrons. The molecule has 3 aliphatic heterocycles. The Labute approximate surface area is 166 Å². The highest BCUT2D eigenvalue weighted by molar-refractivity contribution is 6.27. The summed E-state index contributed by atoms with van der Waals surface area (Å²) in [6, 6.07) is 8.83. The van der Waals surface area contributed by atoms with Gasteiger partial charge in [0.1, 0.15) is 11.0 Å². The van der Waals surface area contributed by atoms with Crippen molar-refractivity contribution in [2.45, 2.75) is 25.8 Å². The van der Waals surface area contributed by atoms with Crippen LogP contribution in [0.4, 0.5) is 5.69 Å². The van der Waals surface area contributed by atoms with Crippen molar-refractivity contribution in [2.75, 3.05) is 11.9 Å². The number of hydrogen-bond acceptors (Lipinski definition) is 6. The number of imide groups is 2. The Morgan fingerprint density at radius 2 is 1.76 bits per heavy atom. The van der Waals surface area contributed by atoms with Gasteiger partial charge >= 0.3 is 0 Å². The molecule has 5 amide bonds. The lowest BCUT2D eigenvalue weighted by Gasteiger charge is -2.35. The van der Waals surface area contributed by atoms with Crippen LogP contribution in [0.3, 0.4) is 0 Å². The van der Waals surface area contributed by atoms with E-state index in [1.54, 1.807) is 31.3 Å². The number of rotatable bonds is 3. The molecule has 2 N–H and O–H groups in total. The van der Waals surface area contributed by atoms with Gasteiger partial charge < -0.3 is 4.90 Å². The van der Waals surface area contributed by atoms with Crippen molar-refractivity contribution >= 4 is 40.9 Å². The standard InChI is InChI=1S/C20H20N4O5/c1-10-20(12-9-13(25)21-15(12)26)14(16(27)22-17(20)28)19(2,23-10)18(29)24(3)11-7-5-4-6-8-11/h4-8,12,14H,9H2,1-3H3,(H,21,25,26)(H,22,27,28). The normalized spacial score (nSPS) is 33.3. The summed E-state index contributed by atoms with van der Waals surface area (Å²) in [6.07, 6.45) is -0.234. The number of amides is 5. The van der Waals surface area contributed by atoms with E-state index >= 15 is 0 Å². The quantitative estimate of drug-likeness (QED) is 0.685. The molecule has 0 aromatic heterocycles. The largest absolute Gasteiger partial charge is 0.313 e. The van der Waals surface area contributed by atoms with Crippen LogP contribution in [0.2, 0.25) is 0 Å². The molecule has 2 saturated heterocycles. The second-order valence-electron chi connectivity index (χ2n) is 7.83. The third-order valence-electron chi connectivity index (χ3n) is 6.29. The maximum absolute atomic E-state index is 13.5. The van der Waals surface area contributed by atoms with Crippen molar-refractivity contribution in [3.63, 3.8) is 0 Å². The molecule has 3 heterocycles. The minimum Gasteiger partial charge on any atom is -0.313 e. The fourth-order valence-electron chi connectivity index (χ4n) is 5.02. The molecule has 29 heavy (non-hydrogen) atoms. The van der Waals surface area contributed by atoms with Gasteiger partial charge in [-0.3, -0.25) is 39.6 Å². The van der Waals surface area contributed by atoms with Gasteiger partial charge in [0.05, 0.1) is 11.8 Å². The van der Waals surface area contributed by atoms with Crippen LogP contribution in [0.25, 0.3) is 0 Å². The molecule has 4 atom stereocenters. The Bertz CT molecular complexity index is 1000. The van der Waals surface area contributed by atoms with Crippen LogP contribution in [0.5, 0.6) is 0 Å². The minimum absolute atomic E-state index is 0.206. The van der Waals surface area contributed by atoms with Gasteiger partial charge in [-0.15, -0.1) is 0 Å². The molecule has 2 fully saturated rings. The molecule has 9 nitrogen and oxygen atoms in total. The van der Waals surface area contributed by atoms with Crippen molar-refractivity contribution in [1.82, 2.24) is 10.6 Å². The lowest BCUT2D eigenvalue weighted by Crippen LogP contribution is -2.55. The van der Waals surface area contributed by atoms with E-state index in [1.165, 1.54) is 18.7 Å². The molecule has 0 aliphatic carbocycles. The fraction of sp³-hybridized carbons (Fsp3) is 0.400. The van der Waals surface area contributed by atoms with E-state index in [4.69, 9.17) is 0 Å². The average Bonchev–Trinajstić information content (AvgIpc) is 3.24. The van der Waals surface area contributed by atoms with E-state index in [0.717, 1.165) is 0 Å². The molecule has 3 aliphatic rings. The number of carbonyl (C=O) groups excluding carboxylic acids is 5. The molecule has 4 rings (SSSR count). The summed E-state index contributed by atoms with van der Waals surface area (Å²) in [5.41, 5.74) is -2.45. The number of carbonyl (C=O) groups is 5. The Kier molecular flexibility index (Phi) is 3.97. The Balaban J connectivity index is 1.82. The monoisotopic (exact) mass is 396 g/mol.